The third-order valence-corrected chi connectivity index (χ3v) is 1.40. The van der Waals surface area contributed by atoms with E-state index in [1.54, 1.807) is 0 Å². The Morgan fingerprint density at radius 1 is 1.67 bits per heavy atom. The predicted octanol–water partition coefficient (Wildman–Crippen LogP) is 0.867. The summed E-state index contributed by atoms with van der Waals surface area (Å²) < 4.78 is 5.27. The van der Waals surface area contributed by atoms with Gasteiger partial charge >= 0.3 is 5.69 Å². The van der Waals surface area contributed by atoms with Gasteiger partial charge in [0.2, 0.25) is 0 Å². The van der Waals surface area contributed by atoms with Crippen LogP contribution in [0.25, 0.3) is 0 Å². The molecule has 1 heterocycles. The summed E-state index contributed by atoms with van der Waals surface area (Å²) >= 11 is 0. The topological polar surface area (TPSA) is 55.0 Å². The van der Waals surface area contributed by atoms with E-state index in [1.165, 1.54) is 6.20 Å². The molecule has 0 spiro atoms. The molecule has 0 aliphatic rings. The second kappa shape index (κ2) is 3.90. The summed E-state index contributed by atoms with van der Waals surface area (Å²) in [6.45, 7) is 4.46. The molecular formula is C8H12N2O2. The standard InChI is InChI=1S/C8H12N2O2/c1-3-4-12-7-6(2)5-9-8(11)10-7/h5H,3-4H2,1-2H3,(H,9,10,11). The molecule has 1 aromatic rings. The van der Waals surface area contributed by atoms with E-state index in [-0.39, 0.29) is 5.69 Å². The van der Waals surface area contributed by atoms with Crippen LogP contribution in [-0.2, 0) is 0 Å². The van der Waals surface area contributed by atoms with Crippen LogP contribution in [0.15, 0.2) is 11.0 Å². The van der Waals surface area contributed by atoms with E-state index in [2.05, 4.69) is 9.97 Å². The van der Waals surface area contributed by atoms with Gasteiger partial charge in [-0.05, 0) is 13.3 Å². The van der Waals surface area contributed by atoms with Crippen LogP contribution in [0.5, 0.6) is 5.88 Å². The van der Waals surface area contributed by atoms with Crippen molar-refractivity contribution in [3.8, 4) is 5.88 Å². The highest BCUT2D eigenvalue weighted by Gasteiger charge is 1.99. The largest absolute Gasteiger partial charge is 0.479 e. The van der Waals surface area contributed by atoms with Crippen LogP contribution in [-0.4, -0.2) is 16.6 Å². The lowest BCUT2D eigenvalue weighted by Crippen LogP contribution is -2.12. The van der Waals surface area contributed by atoms with Gasteiger partial charge in [0.25, 0.3) is 0 Å². The van der Waals surface area contributed by atoms with Crippen molar-refractivity contribution in [2.45, 2.75) is 20.3 Å². The minimum absolute atomic E-state index is 0.369. The van der Waals surface area contributed by atoms with E-state index in [4.69, 9.17) is 4.74 Å². The van der Waals surface area contributed by atoms with E-state index < -0.39 is 0 Å². The van der Waals surface area contributed by atoms with Crippen molar-refractivity contribution in [2.24, 2.45) is 0 Å². The molecule has 0 aliphatic heterocycles. The zero-order valence-electron chi connectivity index (χ0n) is 7.26. The van der Waals surface area contributed by atoms with Gasteiger partial charge in [0.05, 0.1) is 6.61 Å². The van der Waals surface area contributed by atoms with Crippen molar-refractivity contribution >= 4 is 0 Å². The molecule has 0 aliphatic carbocycles. The van der Waals surface area contributed by atoms with Gasteiger partial charge in [0.1, 0.15) is 0 Å². The highest BCUT2D eigenvalue weighted by Crippen LogP contribution is 2.08. The first-order valence-electron chi connectivity index (χ1n) is 3.92. The Kier molecular flexibility index (Phi) is 2.85. The van der Waals surface area contributed by atoms with Gasteiger partial charge in [-0.15, -0.1) is 0 Å². The van der Waals surface area contributed by atoms with E-state index in [9.17, 15) is 4.79 Å². The first-order chi connectivity index (χ1) is 5.74. The van der Waals surface area contributed by atoms with Gasteiger partial charge in [-0.3, -0.25) is 4.98 Å². The van der Waals surface area contributed by atoms with Crippen LogP contribution in [0.4, 0.5) is 0 Å². The lowest BCUT2D eigenvalue weighted by Gasteiger charge is -2.05. The van der Waals surface area contributed by atoms with Crippen molar-refractivity contribution in [1.29, 1.82) is 0 Å². The fourth-order valence-electron chi connectivity index (χ4n) is 0.796. The molecule has 0 radical (unpaired) electrons. The molecule has 0 saturated heterocycles. The van der Waals surface area contributed by atoms with Crippen LogP contribution < -0.4 is 10.4 Å². The molecule has 1 rings (SSSR count). The molecule has 0 fully saturated rings. The van der Waals surface area contributed by atoms with Gasteiger partial charge in [-0.25, -0.2) is 9.78 Å². The van der Waals surface area contributed by atoms with Crippen molar-refractivity contribution in [1.82, 2.24) is 9.97 Å². The molecule has 0 bridgehead atoms. The Morgan fingerprint density at radius 3 is 3.08 bits per heavy atom. The van der Waals surface area contributed by atoms with Crippen molar-refractivity contribution in [2.75, 3.05) is 6.61 Å². The van der Waals surface area contributed by atoms with Crippen molar-refractivity contribution in [3.05, 3.63) is 22.2 Å². The Balaban J connectivity index is 2.82. The fourth-order valence-corrected chi connectivity index (χ4v) is 0.796. The SMILES string of the molecule is CCCOc1[nH]c(=O)ncc1C. The highest BCUT2D eigenvalue weighted by atomic mass is 16.5. The van der Waals surface area contributed by atoms with Gasteiger partial charge < -0.3 is 4.74 Å². The number of H-pyrrole nitrogens is 1. The molecule has 12 heavy (non-hydrogen) atoms. The van der Waals surface area contributed by atoms with Crippen LogP contribution in [0, 0.1) is 6.92 Å². The predicted molar refractivity (Wildman–Crippen MR) is 45.4 cm³/mol. The summed E-state index contributed by atoms with van der Waals surface area (Å²) in [6.07, 6.45) is 2.42. The first-order valence-corrected chi connectivity index (χ1v) is 3.92. The summed E-state index contributed by atoms with van der Waals surface area (Å²) in [5.74, 6) is 0.525. The maximum absolute atomic E-state index is 10.8. The number of aryl methyl sites for hydroxylation is 1. The minimum Gasteiger partial charge on any atom is -0.479 e. The number of nitrogens with one attached hydrogen (secondary N) is 1. The van der Waals surface area contributed by atoms with Crippen LogP contribution in [0.2, 0.25) is 0 Å². The molecular weight excluding hydrogens is 156 g/mol. The number of rotatable bonds is 3. The lowest BCUT2D eigenvalue weighted by atomic mass is 10.4. The molecule has 0 atom stereocenters. The van der Waals surface area contributed by atoms with Gasteiger partial charge in [-0.2, -0.15) is 0 Å². The van der Waals surface area contributed by atoms with Crippen molar-refractivity contribution < 1.29 is 4.74 Å². The summed E-state index contributed by atoms with van der Waals surface area (Å²) in [5.41, 5.74) is 0.481. The van der Waals surface area contributed by atoms with Gasteiger partial charge in [0.15, 0.2) is 5.88 Å². The Labute approximate surface area is 70.6 Å². The number of nitrogens with zero attached hydrogens (tertiary/aromatic N) is 1. The summed E-state index contributed by atoms with van der Waals surface area (Å²) in [6, 6.07) is 0. The molecule has 66 valence electrons. The Bertz CT molecular complexity index is 306. The molecule has 4 heteroatoms. The number of aromatic amines is 1. The average molecular weight is 168 g/mol. The summed E-state index contributed by atoms with van der Waals surface area (Å²) in [7, 11) is 0. The fraction of sp³-hybridized carbons (Fsp3) is 0.500. The number of hydrogen-bond acceptors (Lipinski definition) is 3. The Morgan fingerprint density at radius 2 is 2.42 bits per heavy atom. The number of aromatic nitrogens is 2. The van der Waals surface area contributed by atoms with Crippen LogP contribution in [0.3, 0.4) is 0 Å². The smallest absolute Gasteiger partial charge is 0.347 e. The highest BCUT2D eigenvalue weighted by molar-refractivity contribution is 5.19. The lowest BCUT2D eigenvalue weighted by molar-refractivity contribution is 0.301. The van der Waals surface area contributed by atoms with E-state index in [1.807, 2.05) is 13.8 Å². The first kappa shape index (κ1) is 8.77. The monoisotopic (exact) mass is 168 g/mol. The molecule has 0 saturated carbocycles. The average Bonchev–Trinajstić information content (AvgIpc) is 2.07. The van der Waals surface area contributed by atoms with E-state index in [0.29, 0.717) is 12.5 Å². The maximum Gasteiger partial charge on any atom is 0.347 e. The van der Waals surface area contributed by atoms with Crippen molar-refractivity contribution in [3.63, 3.8) is 0 Å². The normalized spacial score (nSPS) is 9.83. The molecule has 0 aromatic carbocycles. The molecule has 0 unspecified atom stereocenters. The molecule has 1 aromatic heterocycles. The van der Waals surface area contributed by atoms with Crippen LogP contribution >= 0.6 is 0 Å². The Hall–Kier alpha value is -1.32. The maximum atomic E-state index is 10.8. The second-order valence-corrected chi connectivity index (χ2v) is 2.55. The summed E-state index contributed by atoms with van der Waals surface area (Å²) in [5, 5.41) is 0. The van der Waals surface area contributed by atoms with Gasteiger partial charge in [0, 0.05) is 11.8 Å². The van der Waals surface area contributed by atoms with Gasteiger partial charge in [-0.1, -0.05) is 6.92 Å². The quantitative estimate of drug-likeness (QED) is 0.728. The third-order valence-electron chi connectivity index (χ3n) is 1.40. The summed E-state index contributed by atoms with van der Waals surface area (Å²) in [4.78, 5) is 16.8. The zero-order chi connectivity index (χ0) is 8.97. The van der Waals surface area contributed by atoms with E-state index >= 15 is 0 Å². The molecule has 4 nitrogen and oxygen atoms in total. The number of hydrogen-bond donors (Lipinski definition) is 1. The zero-order valence-corrected chi connectivity index (χ0v) is 7.26. The van der Waals surface area contributed by atoms with Crippen LogP contribution in [0.1, 0.15) is 18.9 Å². The number of ether oxygens (including phenoxy) is 1. The second-order valence-electron chi connectivity index (χ2n) is 2.55. The van der Waals surface area contributed by atoms with E-state index in [0.717, 1.165) is 12.0 Å². The third kappa shape index (κ3) is 2.08. The molecule has 1 N–H and O–H groups in total. The minimum atomic E-state index is -0.369. The molecule has 0 amide bonds.